The topological polar surface area (TPSA) is 46.2 Å². The zero-order valence-electron chi connectivity index (χ0n) is 10.8. The molecule has 0 bridgehead atoms. The molecule has 1 aromatic heterocycles. The molecule has 3 N–H and O–H groups in total. The Bertz CT molecular complexity index is 540. The predicted molar refractivity (Wildman–Crippen MR) is 76.9 cm³/mol. The summed E-state index contributed by atoms with van der Waals surface area (Å²) in [6.07, 6.45) is 0.192. The Morgan fingerprint density at radius 1 is 1.37 bits per heavy atom. The van der Waals surface area contributed by atoms with Gasteiger partial charge < -0.3 is 10.8 Å². The fraction of sp³-hybridized carbons (Fsp3) is 0.333. The van der Waals surface area contributed by atoms with Crippen LogP contribution in [0.25, 0.3) is 0 Å². The summed E-state index contributed by atoms with van der Waals surface area (Å²) in [5.41, 5.74) is 7.65. The van der Waals surface area contributed by atoms with E-state index < -0.39 is 6.10 Å². The molecule has 0 spiro atoms. The van der Waals surface area contributed by atoms with E-state index in [4.69, 9.17) is 5.73 Å². The smallest absolute Gasteiger partial charge is 0.123 e. The van der Waals surface area contributed by atoms with Crippen LogP contribution in [-0.2, 0) is 6.42 Å². The van der Waals surface area contributed by atoms with Gasteiger partial charge in [0.25, 0.3) is 0 Å². The van der Waals surface area contributed by atoms with Crippen molar-refractivity contribution in [1.82, 2.24) is 0 Å². The minimum atomic E-state index is -0.679. The van der Waals surface area contributed by atoms with E-state index in [1.807, 2.05) is 17.5 Å². The SMILES string of the molecule is CCc1ccsc1C(O)C(CN)c1cccc(F)c1. The maximum absolute atomic E-state index is 13.3. The molecule has 2 unspecified atom stereocenters. The van der Waals surface area contributed by atoms with Crippen LogP contribution in [0.5, 0.6) is 0 Å². The lowest BCUT2D eigenvalue weighted by Crippen LogP contribution is -2.20. The van der Waals surface area contributed by atoms with E-state index >= 15 is 0 Å². The molecule has 0 aliphatic heterocycles. The summed E-state index contributed by atoms with van der Waals surface area (Å²) in [6.45, 7) is 2.34. The molecule has 2 atom stereocenters. The van der Waals surface area contributed by atoms with Gasteiger partial charge in [-0.15, -0.1) is 11.3 Å². The summed E-state index contributed by atoms with van der Waals surface area (Å²) in [5.74, 6) is -0.579. The Kier molecular flexibility index (Phi) is 4.69. The molecule has 2 nitrogen and oxygen atoms in total. The highest BCUT2D eigenvalue weighted by Gasteiger charge is 2.24. The molecule has 4 heteroatoms. The molecule has 102 valence electrons. The maximum atomic E-state index is 13.3. The fourth-order valence-electron chi connectivity index (χ4n) is 2.27. The van der Waals surface area contributed by atoms with Crippen molar-refractivity contribution >= 4 is 11.3 Å². The van der Waals surface area contributed by atoms with Crippen molar-refractivity contribution in [2.75, 3.05) is 6.54 Å². The summed E-state index contributed by atoms with van der Waals surface area (Å²) in [6, 6.07) is 8.31. The van der Waals surface area contributed by atoms with E-state index in [2.05, 4.69) is 6.92 Å². The first-order valence-corrected chi connectivity index (χ1v) is 7.25. The third kappa shape index (κ3) is 3.03. The number of aliphatic hydroxyl groups is 1. The van der Waals surface area contributed by atoms with Gasteiger partial charge in [-0.25, -0.2) is 4.39 Å². The Labute approximate surface area is 116 Å². The summed E-state index contributed by atoms with van der Waals surface area (Å²) in [7, 11) is 0. The molecule has 1 heterocycles. The normalized spacial score (nSPS) is 14.3. The monoisotopic (exact) mass is 279 g/mol. The van der Waals surface area contributed by atoms with Crippen LogP contribution in [0.4, 0.5) is 4.39 Å². The molecule has 0 saturated heterocycles. The van der Waals surface area contributed by atoms with Crippen molar-refractivity contribution in [3.8, 4) is 0 Å². The molecular weight excluding hydrogens is 261 g/mol. The Hall–Kier alpha value is -1.23. The molecule has 0 amide bonds. The molecule has 0 aliphatic carbocycles. The van der Waals surface area contributed by atoms with Crippen LogP contribution in [0.15, 0.2) is 35.7 Å². The highest BCUT2D eigenvalue weighted by Crippen LogP contribution is 2.35. The standard InChI is InChI=1S/C15H18FNOS/c1-2-10-6-7-19-15(10)14(18)13(9-17)11-4-3-5-12(16)8-11/h3-8,13-14,18H,2,9,17H2,1H3. The van der Waals surface area contributed by atoms with Gasteiger partial charge in [-0.3, -0.25) is 0 Å². The lowest BCUT2D eigenvalue weighted by atomic mass is 9.91. The Balaban J connectivity index is 2.32. The second-order valence-corrected chi connectivity index (χ2v) is 5.45. The number of rotatable bonds is 5. The van der Waals surface area contributed by atoms with Crippen LogP contribution in [0.3, 0.4) is 0 Å². The van der Waals surface area contributed by atoms with E-state index in [0.29, 0.717) is 0 Å². The van der Waals surface area contributed by atoms with Gasteiger partial charge in [0.2, 0.25) is 0 Å². The van der Waals surface area contributed by atoms with Crippen LogP contribution in [0.1, 0.15) is 34.9 Å². The summed E-state index contributed by atoms with van der Waals surface area (Å²) in [5, 5.41) is 12.5. The molecule has 0 saturated carbocycles. The molecule has 2 rings (SSSR count). The van der Waals surface area contributed by atoms with Crippen LogP contribution < -0.4 is 5.73 Å². The van der Waals surface area contributed by atoms with E-state index in [0.717, 1.165) is 22.4 Å². The molecule has 1 aromatic carbocycles. The minimum Gasteiger partial charge on any atom is -0.387 e. The number of halogens is 1. The molecule has 0 aliphatic rings. The van der Waals surface area contributed by atoms with Crippen molar-refractivity contribution in [3.05, 3.63) is 57.5 Å². The lowest BCUT2D eigenvalue weighted by Gasteiger charge is -2.22. The van der Waals surface area contributed by atoms with Crippen molar-refractivity contribution < 1.29 is 9.50 Å². The Morgan fingerprint density at radius 3 is 2.79 bits per heavy atom. The van der Waals surface area contributed by atoms with Gasteiger partial charge >= 0.3 is 0 Å². The van der Waals surface area contributed by atoms with Crippen LogP contribution in [0, 0.1) is 5.82 Å². The summed E-state index contributed by atoms with van der Waals surface area (Å²) in [4.78, 5) is 0.933. The van der Waals surface area contributed by atoms with Gasteiger partial charge in [-0.05, 0) is 41.1 Å². The van der Waals surface area contributed by atoms with Gasteiger partial charge in [0.1, 0.15) is 5.82 Å². The molecule has 19 heavy (non-hydrogen) atoms. The number of hydrogen-bond acceptors (Lipinski definition) is 3. The molecule has 0 radical (unpaired) electrons. The van der Waals surface area contributed by atoms with Crippen molar-refractivity contribution in [3.63, 3.8) is 0 Å². The number of thiophene rings is 1. The maximum Gasteiger partial charge on any atom is 0.123 e. The summed E-state index contributed by atoms with van der Waals surface area (Å²) >= 11 is 1.53. The van der Waals surface area contributed by atoms with Gasteiger partial charge in [-0.1, -0.05) is 19.1 Å². The van der Waals surface area contributed by atoms with E-state index in [1.54, 1.807) is 6.07 Å². The third-order valence-corrected chi connectivity index (χ3v) is 4.37. The van der Waals surface area contributed by atoms with E-state index in [9.17, 15) is 9.50 Å². The average Bonchev–Trinajstić information content (AvgIpc) is 2.87. The van der Waals surface area contributed by atoms with Gasteiger partial charge in [0.15, 0.2) is 0 Å². The zero-order chi connectivity index (χ0) is 13.8. The Morgan fingerprint density at radius 2 is 2.16 bits per heavy atom. The second kappa shape index (κ2) is 6.28. The van der Waals surface area contributed by atoms with Gasteiger partial charge in [0, 0.05) is 17.3 Å². The van der Waals surface area contributed by atoms with Crippen LogP contribution in [0.2, 0.25) is 0 Å². The first kappa shape index (κ1) is 14.2. The van der Waals surface area contributed by atoms with Crippen molar-refractivity contribution in [1.29, 1.82) is 0 Å². The van der Waals surface area contributed by atoms with Gasteiger partial charge in [0.05, 0.1) is 6.10 Å². The number of aryl methyl sites for hydroxylation is 1. The van der Waals surface area contributed by atoms with E-state index in [-0.39, 0.29) is 18.3 Å². The first-order valence-electron chi connectivity index (χ1n) is 6.37. The number of benzene rings is 1. The molecule has 0 fully saturated rings. The summed E-state index contributed by atoms with van der Waals surface area (Å²) < 4.78 is 13.3. The number of aliphatic hydroxyl groups excluding tert-OH is 1. The lowest BCUT2D eigenvalue weighted by molar-refractivity contribution is 0.150. The molecular formula is C15H18FNOS. The highest BCUT2D eigenvalue weighted by molar-refractivity contribution is 7.10. The number of hydrogen-bond donors (Lipinski definition) is 2. The minimum absolute atomic E-state index is 0.278. The van der Waals surface area contributed by atoms with Crippen molar-refractivity contribution in [2.24, 2.45) is 5.73 Å². The highest BCUT2D eigenvalue weighted by atomic mass is 32.1. The largest absolute Gasteiger partial charge is 0.387 e. The van der Waals surface area contributed by atoms with Crippen LogP contribution in [-0.4, -0.2) is 11.7 Å². The van der Waals surface area contributed by atoms with Crippen LogP contribution >= 0.6 is 11.3 Å². The average molecular weight is 279 g/mol. The number of nitrogens with two attached hydrogens (primary N) is 1. The van der Waals surface area contributed by atoms with Crippen molar-refractivity contribution in [2.45, 2.75) is 25.4 Å². The third-order valence-electron chi connectivity index (χ3n) is 3.34. The van der Waals surface area contributed by atoms with E-state index in [1.165, 1.54) is 23.5 Å². The first-order chi connectivity index (χ1) is 9.17. The fourth-order valence-corrected chi connectivity index (χ4v) is 3.31. The van der Waals surface area contributed by atoms with Gasteiger partial charge in [-0.2, -0.15) is 0 Å². The quantitative estimate of drug-likeness (QED) is 0.882. The predicted octanol–water partition coefficient (Wildman–Crippen LogP) is 3.23. The molecule has 2 aromatic rings. The zero-order valence-corrected chi connectivity index (χ0v) is 11.7. The second-order valence-electron chi connectivity index (χ2n) is 4.51.